The van der Waals surface area contributed by atoms with E-state index in [1.165, 1.54) is 11.1 Å². The van der Waals surface area contributed by atoms with Crippen molar-refractivity contribution in [3.8, 4) is 0 Å². The number of aromatic nitrogens is 1. The maximum Gasteiger partial charge on any atom is 0.359 e. The first-order valence-electron chi connectivity index (χ1n) is 10.6. The van der Waals surface area contributed by atoms with Crippen LogP contribution in [-0.2, 0) is 27.2 Å². The molecule has 172 valence electrons. The minimum Gasteiger partial charge on any atom is -0.480 e. The van der Waals surface area contributed by atoms with E-state index in [9.17, 15) is 19.5 Å². The molecule has 1 heterocycles. The lowest BCUT2D eigenvalue weighted by Gasteiger charge is -2.21. The van der Waals surface area contributed by atoms with Gasteiger partial charge in [0.05, 0.1) is 5.69 Å². The van der Waals surface area contributed by atoms with Gasteiger partial charge in [0.2, 0.25) is 5.91 Å². The number of pyridine rings is 1. The van der Waals surface area contributed by atoms with Gasteiger partial charge in [0.15, 0.2) is 5.69 Å². The van der Waals surface area contributed by atoms with Gasteiger partial charge in [0.1, 0.15) is 12.1 Å². The van der Waals surface area contributed by atoms with Crippen LogP contribution in [0, 0.1) is 0 Å². The normalized spacial score (nSPS) is 11.1. The number of aliphatic carboxylic acids is 1. The lowest BCUT2D eigenvalue weighted by atomic mass is 10.1. The molecule has 2 aromatic rings. The molecular weight excluding hydrogens is 410 g/mol. The number of hydrogen-bond donors (Lipinski definition) is 2. The SMILES string of the molecule is CC(C)(C)OC(=O)c1nccc(CCCC(=O)N(CCc2ccccc2)CC(=O)O)c1N. The molecule has 0 aliphatic carbocycles. The van der Waals surface area contributed by atoms with Gasteiger partial charge in [-0.1, -0.05) is 30.3 Å². The van der Waals surface area contributed by atoms with Crippen LogP contribution >= 0.6 is 0 Å². The monoisotopic (exact) mass is 441 g/mol. The zero-order valence-corrected chi connectivity index (χ0v) is 18.8. The average molecular weight is 442 g/mol. The maximum atomic E-state index is 12.7. The van der Waals surface area contributed by atoms with Crippen molar-refractivity contribution in [1.29, 1.82) is 0 Å². The Hall–Kier alpha value is -3.42. The summed E-state index contributed by atoms with van der Waals surface area (Å²) in [6.45, 7) is 5.27. The Morgan fingerprint density at radius 2 is 1.78 bits per heavy atom. The third kappa shape index (κ3) is 8.02. The Bertz CT molecular complexity index is 938. The van der Waals surface area contributed by atoms with Crippen LogP contribution in [0.5, 0.6) is 0 Å². The van der Waals surface area contributed by atoms with Crippen molar-refractivity contribution >= 4 is 23.5 Å². The van der Waals surface area contributed by atoms with E-state index in [1.54, 1.807) is 26.8 Å². The number of anilines is 1. The average Bonchev–Trinajstić information content (AvgIpc) is 2.71. The van der Waals surface area contributed by atoms with Crippen LogP contribution in [0.2, 0.25) is 0 Å². The topological polar surface area (TPSA) is 123 Å². The van der Waals surface area contributed by atoms with E-state index in [1.807, 2.05) is 30.3 Å². The summed E-state index contributed by atoms with van der Waals surface area (Å²) in [7, 11) is 0. The molecule has 1 aromatic carbocycles. The van der Waals surface area contributed by atoms with E-state index >= 15 is 0 Å². The van der Waals surface area contributed by atoms with E-state index in [2.05, 4.69) is 4.98 Å². The van der Waals surface area contributed by atoms with Crippen molar-refractivity contribution in [3.63, 3.8) is 0 Å². The second-order valence-electron chi connectivity index (χ2n) is 8.53. The summed E-state index contributed by atoms with van der Waals surface area (Å²) in [5.41, 5.74) is 7.48. The standard InChI is InChI=1S/C24H31N3O5/c1-24(2,3)32-23(31)22-21(25)18(12-14-26-22)10-7-11-19(28)27(16-20(29)30)15-13-17-8-5-4-6-9-17/h4-6,8-9,12,14H,7,10-11,13,15-16,25H2,1-3H3,(H,29,30). The highest BCUT2D eigenvalue weighted by molar-refractivity contribution is 5.93. The number of nitrogens with two attached hydrogens (primary N) is 1. The van der Waals surface area contributed by atoms with Crippen LogP contribution in [-0.4, -0.2) is 51.5 Å². The molecule has 0 atom stereocenters. The van der Waals surface area contributed by atoms with Crippen LogP contribution in [0.1, 0.15) is 55.2 Å². The lowest BCUT2D eigenvalue weighted by molar-refractivity contribution is -0.144. The van der Waals surface area contributed by atoms with E-state index in [0.717, 1.165) is 5.56 Å². The molecule has 32 heavy (non-hydrogen) atoms. The Labute approximate surface area is 188 Å². The molecular formula is C24H31N3O5. The molecule has 0 bridgehead atoms. The molecule has 1 amide bonds. The van der Waals surface area contributed by atoms with Gasteiger partial charge in [0, 0.05) is 19.2 Å². The van der Waals surface area contributed by atoms with E-state index < -0.39 is 17.5 Å². The molecule has 0 aliphatic rings. The number of amides is 1. The molecule has 0 unspecified atom stereocenters. The fourth-order valence-electron chi connectivity index (χ4n) is 3.17. The highest BCUT2D eigenvalue weighted by Gasteiger charge is 2.22. The van der Waals surface area contributed by atoms with Crippen molar-refractivity contribution in [2.45, 2.75) is 52.1 Å². The van der Waals surface area contributed by atoms with Gasteiger partial charge >= 0.3 is 11.9 Å². The summed E-state index contributed by atoms with van der Waals surface area (Å²) in [5, 5.41) is 9.17. The number of hydrogen-bond acceptors (Lipinski definition) is 6. The highest BCUT2D eigenvalue weighted by Crippen LogP contribution is 2.21. The number of carboxylic acids is 1. The number of carbonyl (C=O) groups is 3. The summed E-state index contributed by atoms with van der Waals surface area (Å²) in [6, 6.07) is 11.3. The number of benzene rings is 1. The molecule has 0 aliphatic heterocycles. The Morgan fingerprint density at radius 1 is 1.09 bits per heavy atom. The maximum absolute atomic E-state index is 12.7. The minimum absolute atomic E-state index is 0.0547. The van der Waals surface area contributed by atoms with Crippen molar-refractivity contribution in [1.82, 2.24) is 9.88 Å². The fraction of sp³-hybridized carbons (Fsp3) is 0.417. The van der Waals surface area contributed by atoms with Crippen LogP contribution in [0.3, 0.4) is 0 Å². The quantitative estimate of drug-likeness (QED) is 0.543. The number of carbonyl (C=O) groups excluding carboxylic acids is 2. The molecule has 1 aromatic heterocycles. The predicted octanol–water partition coefficient (Wildman–Crippen LogP) is 3.10. The van der Waals surface area contributed by atoms with Crippen molar-refractivity contribution < 1.29 is 24.2 Å². The van der Waals surface area contributed by atoms with Crippen LogP contribution < -0.4 is 5.73 Å². The molecule has 0 spiro atoms. The second kappa shape index (κ2) is 11.3. The molecule has 0 fully saturated rings. The van der Waals surface area contributed by atoms with Gasteiger partial charge in [-0.2, -0.15) is 0 Å². The second-order valence-corrected chi connectivity index (χ2v) is 8.53. The summed E-state index contributed by atoms with van der Waals surface area (Å²) in [6.07, 6.45) is 3.16. The molecule has 0 saturated carbocycles. The van der Waals surface area contributed by atoms with Gasteiger partial charge in [0.25, 0.3) is 0 Å². The minimum atomic E-state index is -1.05. The van der Waals surface area contributed by atoms with Gasteiger partial charge in [-0.15, -0.1) is 0 Å². The number of nitrogens with zero attached hydrogens (tertiary/aromatic N) is 2. The predicted molar refractivity (Wildman–Crippen MR) is 121 cm³/mol. The number of aryl methyl sites for hydroxylation is 1. The Morgan fingerprint density at radius 3 is 2.41 bits per heavy atom. The number of esters is 1. The third-order valence-electron chi connectivity index (χ3n) is 4.70. The van der Waals surface area contributed by atoms with E-state index in [0.29, 0.717) is 31.4 Å². The molecule has 0 saturated heterocycles. The highest BCUT2D eigenvalue weighted by atomic mass is 16.6. The van der Waals surface area contributed by atoms with Crippen molar-refractivity contribution in [2.75, 3.05) is 18.8 Å². The number of rotatable bonds is 10. The number of ether oxygens (including phenoxy) is 1. The van der Waals surface area contributed by atoms with Gasteiger partial charge in [-0.3, -0.25) is 9.59 Å². The number of carboxylic acid groups (broad SMARTS) is 1. The first-order valence-corrected chi connectivity index (χ1v) is 10.6. The summed E-state index contributed by atoms with van der Waals surface area (Å²) >= 11 is 0. The molecule has 2 rings (SSSR count). The van der Waals surface area contributed by atoms with Gasteiger partial charge < -0.3 is 20.5 Å². The molecule has 0 radical (unpaired) electrons. The molecule has 3 N–H and O–H groups in total. The van der Waals surface area contributed by atoms with Crippen LogP contribution in [0.15, 0.2) is 42.6 Å². The molecule has 8 heteroatoms. The lowest BCUT2D eigenvalue weighted by Crippen LogP contribution is -2.37. The zero-order valence-electron chi connectivity index (χ0n) is 18.8. The van der Waals surface area contributed by atoms with E-state index in [4.69, 9.17) is 10.5 Å². The van der Waals surface area contributed by atoms with Crippen molar-refractivity contribution in [2.24, 2.45) is 0 Å². The smallest absolute Gasteiger partial charge is 0.359 e. The summed E-state index contributed by atoms with van der Waals surface area (Å²) in [5.74, 6) is -1.88. The van der Waals surface area contributed by atoms with Crippen molar-refractivity contribution in [3.05, 3.63) is 59.4 Å². The van der Waals surface area contributed by atoms with Gasteiger partial charge in [-0.25, -0.2) is 9.78 Å². The Kier molecular flexibility index (Phi) is 8.75. The van der Waals surface area contributed by atoms with Gasteiger partial charge in [-0.05, 0) is 57.2 Å². The third-order valence-corrected chi connectivity index (χ3v) is 4.70. The fourth-order valence-corrected chi connectivity index (χ4v) is 3.17. The molecule has 8 nitrogen and oxygen atoms in total. The summed E-state index contributed by atoms with van der Waals surface area (Å²) in [4.78, 5) is 41.6. The van der Waals surface area contributed by atoms with E-state index in [-0.39, 0.29) is 30.3 Å². The van der Waals surface area contributed by atoms with Crippen LogP contribution in [0.25, 0.3) is 0 Å². The Balaban J connectivity index is 1.96. The zero-order chi connectivity index (χ0) is 23.7. The largest absolute Gasteiger partial charge is 0.480 e. The summed E-state index contributed by atoms with van der Waals surface area (Å²) < 4.78 is 5.34. The first-order chi connectivity index (χ1) is 15.1. The first kappa shape index (κ1) is 24.8. The van der Waals surface area contributed by atoms with Crippen LogP contribution in [0.4, 0.5) is 5.69 Å². The number of nitrogen functional groups attached to an aromatic ring is 1.